The van der Waals surface area contributed by atoms with Crippen LogP contribution >= 0.6 is 0 Å². The van der Waals surface area contributed by atoms with Crippen molar-refractivity contribution in [3.05, 3.63) is 135 Å². The molecule has 2 aliphatic rings. The van der Waals surface area contributed by atoms with Gasteiger partial charge in [-0.15, -0.1) is 0 Å². The van der Waals surface area contributed by atoms with Crippen LogP contribution in [0.25, 0.3) is 5.57 Å². The van der Waals surface area contributed by atoms with Gasteiger partial charge in [-0.2, -0.15) is 0 Å². The third-order valence-electron chi connectivity index (χ3n) is 4.44. The van der Waals surface area contributed by atoms with E-state index in [4.69, 9.17) is 0 Å². The molecule has 2 aromatic carbocycles. The van der Waals surface area contributed by atoms with E-state index in [-0.39, 0.29) is 17.1 Å². The van der Waals surface area contributed by atoms with Crippen molar-refractivity contribution in [2.75, 3.05) is 0 Å². The van der Waals surface area contributed by atoms with Crippen molar-refractivity contribution in [2.45, 2.75) is 13.3 Å². The Hall–Kier alpha value is -1.50. The van der Waals surface area contributed by atoms with Gasteiger partial charge >= 0.3 is 0 Å². The zero-order valence-electron chi connectivity index (χ0n) is 15.9. The Morgan fingerprint density at radius 3 is 1.68 bits per heavy atom. The van der Waals surface area contributed by atoms with Crippen molar-refractivity contribution < 1.29 is 22.2 Å². The van der Waals surface area contributed by atoms with Gasteiger partial charge in [0.05, 0.1) is 0 Å². The third kappa shape index (κ3) is 6.26. The van der Waals surface area contributed by atoms with E-state index >= 15 is 0 Å². The molecule has 0 aliphatic heterocycles. The standard InChI is InChI=1S/C21H19O.C5H5.Fe/c1-2-20(16-8-6-7-9-16)21(17-10-4-3-5-11-17)18-12-14-19(22)15-13-18;1-2-4-5-3-1;/h3-15,22H,2H2,1H3;1-5H;/b21-20-;;. The normalized spacial score (nSPS) is 17.3. The summed E-state index contributed by atoms with van der Waals surface area (Å²) in [5.41, 5.74) is 4.88. The summed E-state index contributed by atoms with van der Waals surface area (Å²) < 4.78 is 0. The number of hydrogen-bond acceptors (Lipinski definition) is 1. The fourth-order valence-electron chi connectivity index (χ4n) is 3.17. The maximum Gasteiger partial charge on any atom is 0.115 e. The molecular formula is C26H24FeO. The second kappa shape index (κ2) is 12.1. The van der Waals surface area contributed by atoms with E-state index in [9.17, 15) is 5.11 Å². The summed E-state index contributed by atoms with van der Waals surface area (Å²) in [6.45, 7) is 2.19. The van der Waals surface area contributed by atoms with E-state index in [1.807, 2.05) is 50.3 Å². The first kappa shape index (κ1) is 22.8. The molecule has 2 aromatic rings. The van der Waals surface area contributed by atoms with Gasteiger partial charge in [-0.3, -0.25) is 0 Å². The SMILES string of the molecule is CC/C([C]1[CH][CH][CH][CH]1)=C(\c1ccccc1)c1ccc(O)cc1.[CH]1[CH][CH][CH][CH]1.[Fe]. The van der Waals surface area contributed by atoms with E-state index < -0.39 is 0 Å². The number of hydrogen-bond donors (Lipinski definition) is 1. The average molecular weight is 408 g/mol. The molecule has 0 aromatic heterocycles. The largest absolute Gasteiger partial charge is 0.508 e. The summed E-state index contributed by atoms with van der Waals surface area (Å²) in [6, 6.07) is 17.9. The van der Waals surface area contributed by atoms with Gasteiger partial charge < -0.3 is 5.11 Å². The second-order valence-electron chi connectivity index (χ2n) is 6.26. The maximum atomic E-state index is 9.57. The maximum absolute atomic E-state index is 9.57. The quantitative estimate of drug-likeness (QED) is 0.613. The molecule has 0 amide bonds. The molecular weight excluding hydrogens is 384 g/mol. The molecule has 2 heteroatoms. The molecule has 1 nitrogen and oxygen atoms in total. The number of aromatic hydroxyl groups is 1. The van der Waals surface area contributed by atoms with Crippen LogP contribution in [0.15, 0.2) is 60.2 Å². The number of phenols is 1. The minimum absolute atomic E-state index is 0. The van der Waals surface area contributed by atoms with Gasteiger partial charge in [-0.1, -0.05) is 55.0 Å². The van der Waals surface area contributed by atoms with Crippen molar-refractivity contribution >= 4 is 5.57 Å². The minimum atomic E-state index is 0. The number of phenolic OH excluding ortho intramolecular Hbond substituents is 1. The Labute approximate surface area is 181 Å². The van der Waals surface area contributed by atoms with Crippen molar-refractivity contribution in [3.63, 3.8) is 0 Å². The smallest absolute Gasteiger partial charge is 0.115 e. The first-order chi connectivity index (χ1) is 13.3. The molecule has 0 spiro atoms. The first-order valence-electron chi connectivity index (χ1n) is 9.26. The third-order valence-corrected chi connectivity index (χ3v) is 4.44. The van der Waals surface area contributed by atoms with Crippen molar-refractivity contribution in [2.24, 2.45) is 0 Å². The molecule has 28 heavy (non-hydrogen) atoms. The second-order valence-corrected chi connectivity index (χ2v) is 6.26. The molecule has 2 fully saturated rings. The molecule has 10 radical (unpaired) electrons. The van der Waals surface area contributed by atoms with Crippen LogP contribution in [0.2, 0.25) is 0 Å². The molecule has 0 bridgehead atoms. The van der Waals surface area contributed by atoms with Gasteiger partial charge in [0.25, 0.3) is 0 Å². The van der Waals surface area contributed by atoms with Crippen LogP contribution in [0.3, 0.4) is 0 Å². The molecule has 0 saturated heterocycles. The van der Waals surface area contributed by atoms with Crippen LogP contribution in [0, 0.1) is 63.7 Å². The molecule has 0 atom stereocenters. The number of benzene rings is 2. The summed E-state index contributed by atoms with van der Waals surface area (Å²) in [6.07, 6.45) is 19.4. The van der Waals surface area contributed by atoms with Crippen LogP contribution in [0.1, 0.15) is 24.5 Å². The van der Waals surface area contributed by atoms with Gasteiger partial charge in [0.1, 0.15) is 5.75 Å². The summed E-state index contributed by atoms with van der Waals surface area (Å²) in [5, 5.41) is 9.57. The van der Waals surface area contributed by atoms with E-state index in [2.05, 4.69) is 56.9 Å². The Bertz CT molecular complexity index is 700. The average Bonchev–Trinajstić information content (AvgIpc) is 3.44. The van der Waals surface area contributed by atoms with Gasteiger partial charge in [0, 0.05) is 23.0 Å². The molecule has 1 N–H and O–H groups in total. The van der Waals surface area contributed by atoms with E-state index in [0.29, 0.717) is 5.75 Å². The van der Waals surface area contributed by atoms with Crippen LogP contribution in [0.4, 0.5) is 0 Å². The fourth-order valence-corrected chi connectivity index (χ4v) is 3.17. The van der Waals surface area contributed by atoms with E-state index in [0.717, 1.165) is 12.0 Å². The summed E-state index contributed by atoms with van der Waals surface area (Å²) >= 11 is 0. The molecule has 4 rings (SSSR count). The van der Waals surface area contributed by atoms with Crippen molar-refractivity contribution in [1.82, 2.24) is 0 Å². The Kier molecular flexibility index (Phi) is 9.88. The molecule has 142 valence electrons. The molecule has 2 saturated carbocycles. The zero-order valence-corrected chi connectivity index (χ0v) is 17.0. The Morgan fingerprint density at radius 1 is 0.679 bits per heavy atom. The molecule has 0 heterocycles. The summed E-state index contributed by atoms with van der Waals surface area (Å²) in [7, 11) is 0. The van der Waals surface area contributed by atoms with Crippen LogP contribution in [-0.2, 0) is 17.1 Å². The first-order valence-corrected chi connectivity index (χ1v) is 9.26. The van der Waals surface area contributed by atoms with Gasteiger partial charge in [0.2, 0.25) is 0 Å². The summed E-state index contributed by atoms with van der Waals surface area (Å²) in [5.74, 6) is 1.55. The van der Waals surface area contributed by atoms with Gasteiger partial charge in [0.15, 0.2) is 0 Å². The fraction of sp³-hybridized carbons (Fsp3) is 0.0769. The van der Waals surface area contributed by atoms with Gasteiger partial charge in [-0.05, 0) is 93.0 Å². The predicted molar refractivity (Wildman–Crippen MR) is 113 cm³/mol. The van der Waals surface area contributed by atoms with E-state index in [1.165, 1.54) is 22.6 Å². The topological polar surface area (TPSA) is 20.2 Å². The minimum Gasteiger partial charge on any atom is -0.508 e. The summed E-state index contributed by atoms with van der Waals surface area (Å²) in [4.78, 5) is 0. The van der Waals surface area contributed by atoms with Crippen molar-refractivity contribution in [3.8, 4) is 5.75 Å². The van der Waals surface area contributed by atoms with Gasteiger partial charge in [-0.25, -0.2) is 0 Å². The van der Waals surface area contributed by atoms with Crippen molar-refractivity contribution in [1.29, 1.82) is 0 Å². The van der Waals surface area contributed by atoms with Crippen LogP contribution in [0.5, 0.6) is 5.75 Å². The zero-order chi connectivity index (χ0) is 18.9. The number of allylic oxidation sites excluding steroid dienone is 1. The van der Waals surface area contributed by atoms with Crippen LogP contribution < -0.4 is 0 Å². The monoisotopic (exact) mass is 408 g/mol. The van der Waals surface area contributed by atoms with E-state index in [1.54, 1.807) is 12.1 Å². The Morgan fingerprint density at radius 2 is 1.18 bits per heavy atom. The Balaban J connectivity index is 0.000000408. The molecule has 2 aliphatic carbocycles. The van der Waals surface area contributed by atoms with Crippen LogP contribution in [-0.4, -0.2) is 5.11 Å². The molecule has 0 unspecified atom stereocenters. The predicted octanol–water partition coefficient (Wildman–Crippen LogP) is 6.03. The number of rotatable bonds is 4.